The number of fused-ring (bicyclic) bond motifs is 2. The molecule has 3 heterocycles. The van der Waals surface area contributed by atoms with Crippen LogP contribution in [0.4, 0.5) is 15.9 Å². The van der Waals surface area contributed by atoms with Crippen LogP contribution >= 0.6 is 0 Å². The molecule has 1 aliphatic heterocycles. The molecule has 1 aliphatic carbocycles. The van der Waals surface area contributed by atoms with E-state index in [9.17, 15) is 9.18 Å². The molecule has 0 bridgehead atoms. The number of anilines is 1. The van der Waals surface area contributed by atoms with Crippen molar-refractivity contribution >= 4 is 29.3 Å². The van der Waals surface area contributed by atoms with Crippen molar-refractivity contribution in [2.75, 3.05) is 5.32 Å². The van der Waals surface area contributed by atoms with Crippen molar-refractivity contribution in [1.29, 1.82) is 0 Å². The topological polar surface area (TPSA) is 58.8 Å². The molecule has 0 radical (unpaired) electrons. The molecule has 1 fully saturated rings. The van der Waals surface area contributed by atoms with Crippen LogP contribution in [0.1, 0.15) is 17.5 Å². The third-order valence-electron chi connectivity index (χ3n) is 5.03. The van der Waals surface area contributed by atoms with Gasteiger partial charge in [-0.2, -0.15) is 0 Å². The molecule has 5 rings (SSSR count). The maximum absolute atomic E-state index is 13.0. The van der Waals surface area contributed by atoms with E-state index in [2.05, 4.69) is 34.3 Å². The maximum atomic E-state index is 13.0. The minimum atomic E-state index is -1.01. The van der Waals surface area contributed by atoms with E-state index in [1.807, 2.05) is 28.9 Å². The van der Waals surface area contributed by atoms with E-state index in [1.165, 1.54) is 11.1 Å². The van der Waals surface area contributed by atoms with Gasteiger partial charge in [0.2, 0.25) is 5.91 Å². The van der Waals surface area contributed by atoms with Gasteiger partial charge in [-0.1, -0.05) is 0 Å². The number of hydrogen-bond donors (Lipinski definition) is 1. The van der Waals surface area contributed by atoms with Crippen molar-refractivity contribution in [2.24, 2.45) is 10.9 Å². The predicted molar refractivity (Wildman–Crippen MR) is 98.9 cm³/mol. The predicted octanol–water partition coefficient (Wildman–Crippen LogP) is 3.86. The summed E-state index contributed by atoms with van der Waals surface area (Å²) in [5, 5.41) is 2.70. The summed E-state index contributed by atoms with van der Waals surface area (Å²) < 4.78 is 14.9. The number of nitrogens with one attached hydrogen (secondary N) is 1. The Morgan fingerprint density at radius 1 is 1.31 bits per heavy atom. The number of nitrogens with zero attached hydrogens (tertiary/aromatic N) is 3. The quantitative estimate of drug-likeness (QED) is 0.781. The highest BCUT2D eigenvalue weighted by Gasteiger charge is 2.43. The van der Waals surface area contributed by atoms with Gasteiger partial charge in [-0.05, 0) is 59.9 Å². The van der Waals surface area contributed by atoms with Crippen LogP contribution < -0.4 is 5.32 Å². The van der Waals surface area contributed by atoms with Gasteiger partial charge in [-0.15, -0.1) is 0 Å². The normalized spacial score (nSPS) is 20.4. The molecule has 1 saturated carbocycles. The number of aliphatic imine (C=N–C) groups is 1. The number of aromatic nitrogens is 2. The molecule has 0 saturated heterocycles. The lowest BCUT2D eigenvalue weighted by Crippen LogP contribution is -2.15. The van der Waals surface area contributed by atoms with Crippen molar-refractivity contribution in [2.45, 2.75) is 25.9 Å². The fourth-order valence-electron chi connectivity index (χ4n) is 3.44. The number of amides is 1. The lowest BCUT2D eigenvalue weighted by molar-refractivity contribution is -0.117. The van der Waals surface area contributed by atoms with Gasteiger partial charge in [0.25, 0.3) is 0 Å². The van der Waals surface area contributed by atoms with Gasteiger partial charge in [0.15, 0.2) is 5.82 Å². The van der Waals surface area contributed by atoms with Crippen LogP contribution in [0, 0.1) is 12.8 Å². The average molecular weight is 348 g/mol. The molecule has 1 amide bonds. The number of carbonyl (C=O) groups excluding carboxylic acids is 1. The fourth-order valence-corrected chi connectivity index (χ4v) is 3.44. The molecule has 2 aromatic heterocycles. The van der Waals surface area contributed by atoms with Crippen molar-refractivity contribution in [3.8, 4) is 11.1 Å². The highest BCUT2D eigenvalue weighted by Crippen LogP contribution is 2.35. The van der Waals surface area contributed by atoms with E-state index in [4.69, 9.17) is 0 Å². The zero-order valence-electron chi connectivity index (χ0n) is 14.2. The fraction of sp³-hybridized carbons (Fsp3) is 0.250. The second-order valence-corrected chi connectivity index (χ2v) is 6.97. The van der Waals surface area contributed by atoms with Crippen molar-refractivity contribution in [1.82, 2.24) is 9.38 Å². The Bertz CT molecular complexity index is 1080. The molecule has 2 atom stereocenters. The van der Waals surface area contributed by atoms with Gasteiger partial charge in [0.1, 0.15) is 11.8 Å². The molecule has 1 aromatic carbocycles. The van der Waals surface area contributed by atoms with Crippen molar-refractivity contribution in [3.05, 3.63) is 47.8 Å². The van der Waals surface area contributed by atoms with E-state index < -0.39 is 12.1 Å². The zero-order chi connectivity index (χ0) is 17.8. The molecule has 0 spiro atoms. The Kier molecular flexibility index (Phi) is 3.22. The Balaban J connectivity index is 1.48. The van der Waals surface area contributed by atoms with Crippen LogP contribution in [0.2, 0.25) is 0 Å². The van der Waals surface area contributed by atoms with Gasteiger partial charge >= 0.3 is 0 Å². The molecular weight excluding hydrogens is 331 g/mol. The Labute approximate surface area is 149 Å². The highest BCUT2D eigenvalue weighted by atomic mass is 19.1. The van der Waals surface area contributed by atoms with Gasteiger partial charge < -0.3 is 9.72 Å². The SMILES string of the molecule is Cc1cc2c(cc1-c1ccc3nc(NC(=O)[C@@H]4C[C@@H]4F)cn3c1)CC=N2. The summed E-state index contributed by atoms with van der Waals surface area (Å²) in [5.41, 5.74) is 6.41. The van der Waals surface area contributed by atoms with Gasteiger partial charge in [-0.25, -0.2) is 9.37 Å². The number of halogens is 1. The average Bonchev–Trinajstić information content (AvgIpc) is 3.02. The summed E-state index contributed by atoms with van der Waals surface area (Å²) >= 11 is 0. The number of benzene rings is 1. The number of alkyl halides is 1. The van der Waals surface area contributed by atoms with Gasteiger partial charge in [0, 0.05) is 18.8 Å². The highest BCUT2D eigenvalue weighted by molar-refractivity contribution is 5.94. The molecule has 2 aliphatic rings. The van der Waals surface area contributed by atoms with E-state index in [1.54, 1.807) is 6.20 Å². The summed E-state index contributed by atoms with van der Waals surface area (Å²) in [5.74, 6) is -0.368. The summed E-state index contributed by atoms with van der Waals surface area (Å²) in [6.07, 6.45) is 5.86. The molecule has 6 heteroatoms. The Morgan fingerprint density at radius 3 is 2.96 bits per heavy atom. The molecule has 130 valence electrons. The Hall–Kier alpha value is -3.02. The zero-order valence-corrected chi connectivity index (χ0v) is 14.2. The second kappa shape index (κ2) is 5.49. The molecule has 26 heavy (non-hydrogen) atoms. The molecule has 0 unspecified atom stereocenters. The van der Waals surface area contributed by atoms with Crippen LogP contribution in [0.25, 0.3) is 16.8 Å². The van der Waals surface area contributed by atoms with Gasteiger partial charge in [-0.3, -0.25) is 9.79 Å². The number of pyridine rings is 1. The number of aryl methyl sites for hydroxylation is 1. The first-order valence-electron chi connectivity index (χ1n) is 8.68. The van der Waals surface area contributed by atoms with Crippen LogP contribution in [-0.4, -0.2) is 27.7 Å². The van der Waals surface area contributed by atoms with E-state index in [-0.39, 0.29) is 5.91 Å². The summed E-state index contributed by atoms with van der Waals surface area (Å²) in [4.78, 5) is 20.7. The molecule has 3 aromatic rings. The minimum absolute atomic E-state index is 0.296. The van der Waals surface area contributed by atoms with E-state index in [0.29, 0.717) is 12.2 Å². The summed E-state index contributed by atoms with van der Waals surface area (Å²) in [6.45, 7) is 2.08. The van der Waals surface area contributed by atoms with Crippen LogP contribution in [0.15, 0.2) is 41.7 Å². The first kappa shape index (κ1) is 15.3. The minimum Gasteiger partial charge on any atom is -0.309 e. The first-order chi connectivity index (χ1) is 12.6. The number of rotatable bonds is 3. The summed E-state index contributed by atoms with van der Waals surface area (Å²) in [7, 11) is 0. The smallest absolute Gasteiger partial charge is 0.231 e. The van der Waals surface area contributed by atoms with E-state index in [0.717, 1.165) is 28.9 Å². The monoisotopic (exact) mass is 348 g/mol. The van der Waals surface area contributed by atoms with Gasteiger partial charge in [0.05, 0.1) is 17.8 Å². The van der Waals surface area contributed by atoms with Crippen LogP contribution in [-0.2, 0) is 11.2 Å². The number of carbonyl (C=O) groups is 1. The van der Waals surface area contributed by atoms with Crippen LogP contribution in [0.5, 0.6) is 0 Å². The molecule has 5 nitrogen and oxygen atoms in total. The number of hydrogen-bond acceptors (Lipinski definition) is 3. The molecular formula is C20H17FN4O. The standard InChI is InChI=1S/C20H17FN4O/c1-11-6-17-12(4-5-22-17)7-14(11)13-2-3-19-23-18(10-25(19)9-13)24-20(26)15-8-16(15)21/h2-3,5-7,9-10,15-16H,4,8H2,1H3,(H,24,26)/t15-,16+/m1/s1. The lowest BCUT2D eigenvalue weighted by atomic mass is 9.98. The molecule has 1 N–H and O–H groups in total. The third-order valence-corrected chi connectivity index (χ3v) is 5.03. The third kappa shape index (κ3) is 2.49. The summed E-state index contributed by atoms with van der Waals surface area (Å²) in [6, 6.07) is 8.24. The Morgan fingerprint density at radius 2 is 2.15 bits per heavy atom. The van der Waals surface area contributed by atoms with E-state index >= 15 is 0 Å². The first-order valence-corrected chi connectivity index (χ1v) is 8.68. The van der Waals surface area contributed by atoms with Crippen molar-refractivity contribution in [3.63, 3.8) is 0 Å². The second-order valence-electron chi connectivity index (χ2n) is 6.97. The van der Waals surface area contributed by atoms with Crippen LogP contribution in [0.3, 0.4) is 0 Å². The van der Waals surface area contributed by atoms with Crippen molar-refractivity contribution < 1.29 is 9.18 Å². The number of imidazole rings is 1. The largest absolute Gasteiger partial charge is 0.309 e. The lowest BCUT2D eigenvalue weighted by Gasteiger charge is -2.09. The maximum Gasteiger partial charge on any atom is 0.231 e.